The fourth-order valence-corrected chi connectivity index (χ4v) is 2.81. The first-order valence-electron chi connectivity index (χ1n) is 6.55. The van der Waals surface area contributed by atoms with Crippen LogP contribution in [0.15, 0.2) is 23.1 Å². The molecule has 0 aliphatic heterocycles. The van der Waals surface area contributed by atoms with Gasteiger partial charge in [0.1, 0.15) is 4.90 Å². The molecule has 0 bridgehead atoms. The number of aromatic carboxylic acids is 1. The zero-order chi connectivity index (χ0) is 17.8. The highest BCUT2D eigenvalue weighted by Crippen LogP contribution is 2.26. The van der Waals surface area contributed by atoms with E-state index in [1.165, 1.54) is 26.2 Å². The van der Waals surface area contributed by atoms with Crippen LogP contribution < -0.4 is 5.32 Å². The lowest BCUT2D eigenvalue weighted by Gasteiger charge is -2.17. The minimum Gasteiger partial charge on any atom is -0.478 e. The third kappa shape index (κ3) is 5.39. The van der Waals surface area contributed by atoms with E-state index in [9.17, 15) is 26.4 Å². The van der Waals surface area contributed by atoms with Crippen molar-refractivity contribution in [3.63, 3.8) is 0 Å². The van der Waals surface area contributed by atoms with Crippen LogP contribution in [0.5, 0.6) is 0 Å². The summed E-state index contributed by atoms with van der Waals surface area (Å²) in [7, 11) is -1.40. The number of rotatable bonds is 7. The lowest BCUT2D eigenvalue weighted by Crippen LogP contribution is -2.24. The topological polar surface area (TPSA) is 86.7 Å². The van der Waals surface area contributed by atoms with Crippen molar-refractivity contribution in [3.8, 4) is 0 Å². The summed E-state index contributed by atoms with van der Waals surface area (Å²) < 4.78 is 61.7. The number of sulfonamides is 1. The second-order valence-corrected chi connectivity index (χ2v) is 7.07. The van der Waals surface area contributed by atoms with Gasteiger partial charge in [0.25, 0.3) is 0 Å². The molecule has 0 aromatic heterocycles. The number of benzene rings is 1. The van der Waals surface area contributed by atoms with Gasteiger partial charge in [-0.05, 0) is 24.6 Å². The molecule has 1 rings (SSSR count). The Bertz CT molecular complexity index is 672. The highest BCUT2D eigenvalue weighted by atomic mass is 32.2. The normalized spacial score (nSPS) is 12.4. The molecule has 0 spiro atoms. The fourth-order valence-electron chi connectivity index (χ4n) is 1.72. The smallest absolute Gasteiger partial charge is 0.389 e. The van der Waals surface area contributed by atoms with Gasteiger partial charge in [-0.15, -0.1) is 0 Å². The first kappa shape index (κ1) is 19.2. The Morgan fingerprint density at radius 3 is 2.39 bits per heavy atom. The van der Waals surface area contributed by atoms with E-state index in [0.29, 0.717) is 0 Å². The van der Waals surface area contributed by atoms with E-state index in [1.54, 1.807) is 0 Å². The molecule has 0 amide bonds. The molecule has 130 valence electrons. The molecule has 0 heterocycles. The molecule has 10 heteroatoms. The number of halogens is 3. The van der Waals surface area contributed by atoms with Crippen molar-refractivity contribution in [1.82, 2.24) is 4.31 Å². The predicted octanol–water partition coefficient (Wildman–Crippen LogP) is 2.39. The molecule has 23 heavy (non-hydrogen) atoms. The van der Waals surface area contributed by atoms with E-state index in [0.717, 1.165) is 10.4 Å². The second kappa shape index (κ2) is 7.18. The van der Waals surface area contributed by atoms with Crippen LogP contribution in [0.4, 0.5) is 18.9 Å². The van der Waals surface area contributed by atoms with Gasteiger partial charge in [0.15, 0.2) is 0 Å². The number of hydrogen-bond acceptors (Lipinski definition) is 4. The Kier molecular flexibility index (Phi) is 6.00. The van der Waals surface area contributed by atoms with Crippen molar-refractivity contribution < 1.29 is 31.5 Å². The van der Waals surface area contributed by atoms with Gasteiger partial charge in [0.2, 0.25) is 10.0 Å². The maximum absolute atomic E-state index is 12.2. The van der Waals surface area contributed by atoms with Crippen LogP contribution in [0, 0.1) is 0 Å². The van der Waals surface area contributed by atoms with Crippen LogP contribution in [0.3, 0.4) is 0 Å². The highest BCUT2D eigenvalue weighted by Gasteiger charge is 2.26. The summed E-state index contributed by atoms with van der Waals surface area (Å²) in [5.74, 6) is -1.30. The van der Waals surface area contributed by atoms with E-state index in [-0.39, 0.29) is 29.1 Å². The van der Waals surface area contributed by atoms with Crippen molar-refractivity contribution in [2.75, 3.05) is 26.0 Å². The summed E-state index contributed by atoms with van der Waals surface area (Å²) in [6.07, 6.45) is -5.51. The number of nitrogens with one attached hydrogen (secondary N) is 1. The minimum atomic E-state index is -4.28. The zero-order valence-corrected chi connectivity index (χ0v) is 13.3. The Morgan fingerprint density at radius 1 is 1.30 bits per heavy atom. The Balaban J connectivity index is 3.05. The van der Waals surface area contributed by atoms with Gasteiger partial charge in [-0.3, -0.25) is 0 Å². The maximum Gasteiger partial charge on any atom is 0.389 e. The first-order valence-corrected chi connectivity index (χ1v) is 7.99. The molecular weight excluding hydrogens is 337 g/mol. The molecule has 2 N–H and O–H groups in total. The zero-order valence-electron chi connectivity index (χ0n) is 12.5. The number of alkyl halides is 3. The van der Waals surface area contributed by atoms with Gasteiger partial charge in [0, 0.05) is 27.1 Å². The molecule has 0 radical (unpaired) electrons. The van der Waals surface area contributed by atoms with Gasteiger partial charge in [0.05, 0.1) is 11.3 Å². The van der Waals surface area contributed by atoms with E-state index in [2.05, 4.69) is 5.32 Å². The van der Waals surface area contributed by atoms with Gasteiger partial charge in [-0.25, -0.2) is 17.5 Å². The van der Waals surface area contributed by atoms with Gasteiger partial charge in [-0.1, -0.05) is 0 Å². The highest BCUT2D eigenvalue weighted by molar-refractivity contribution is 7.89. The molecular formula is C13H17F3N2O4S. The quantitative estimate of drug-likeness (QED) is 0.734. The standard InChI is InChI=1S/C13H17F3N2O4S/c1-18(2)23(21,22)11-8-9(12(19)20)4-5-10(11)17-7-3-6-13(14,15)16/h4-5,8,17H,3,6-7H2,1-2H3,(H,19,20). The molecule has 1 aromatic rings. The van der Waals surface area contributed by atoms with Crippen LogP contribution >= 0.6 is 0 Å². The summed E-state index contributed by atoms with van der Waals surface area (Å²) in [6.45, 7) is -0.0954. The summed E-state index contributed by atoms with van der Waals surface area (Å²) in [6, 6.07) is 3.39. The summed E-state index contributed by atoms with van der Waals surface area (Å²) >= 11 is 0. The molecule has 0 aliphatic rings. The summed E-state index contributed by atoms with van der Waals surface area (Å²) in [4.78, 5) is 10.7. The average Bonchev–Trinajstić information content (AvgIpc) is 2.42. The average molecular weight is 354 g/mol. The second-order valence-electron chi connectivity index (χ2n) is 4.95. The lowest BCUT2D eigenvalue weighted by molar-refractivity contribution is -0.134. The van der Waals surface area contributed by atoms with Crippen LogP contribution in [-0.4, -0.2) is 50.6 Å². The maximum atomic E-state index is 12.2. The Hall–Kier alpha value is -1.81. The van der Waals surface area contributed by atoms with Crippen molar-refractivity contribution in [2.45, 2.75) is 23.9 Å². The van der Waals surface area contributed by atoms with Crippen molar-refractivity contribution in [1.29, 1.82) is 0 Å². The van der Waals surface area contributed by atoms with E-state index in [1.807, 2.05) is 0 Å². The molecule has 0 unspecified atom stereocenters. The van der Waals surface area contributed by atoms with Crippen LogP contribution in [0.1, 0.15) is 23.2 Å². The van der Waals surface area contributed by atoms with Crippen molar-refractivity contribution >= 4 is 21.7 Å². The summed E-state index contributed by atoms with van der Waals surface area (Å²) in [5, 5.41) is 11.6. The minimum absolute atomic E-state index is 0.0610. The molecule has 0 fully saturated rings. The Labute approximate surface area is 132 Å². The molecule has 0 saturated carbocycles. The number of hydrogen-bond donors (Lipinski definition) is 2. The number of carbonyl (C=O) groups is 1. The number of carboxylic acid groups (broad SMARTS) is 1. The third-order valence-corrected chi connectivity index (χ3v) is 4.79. The monoisotopic (exact) mass is 354 g/mol. The summed E-state index contributed by atoms with van der Waals surface area (Å²) in [5.41, 5.74) is -0.169. The van der Waals surface area contributed by atoms with Crippen LogP contribution in [0.2, 0.25) is 0 Å². The predicted molar refractivity (Wildman–Crippen MR) is 78.1 cm³/mol. The van der Waals surface area contributed by atoms with Crippen molar-refractivity contribution in [3.05, 3.63) is 23.8 Å². The Morgan fingerprint density at radius 2 is 1.91 bits per heavy atom. The molecule has 0 atom stereocenters. The fraction of sp³-hybridized carbons (Fsp3) is 0.462. The largest absolute Gasteiger partial charge is 0.478 e. The third-order valence-electron chi connectivity index (χ3n) is 2.94. The van der Waals surface area contributed by atoms with Crippen LogP contribution in [-0.2, 0) is 10.0 Å². The molecule has 0 aliphatic carbocycles. The first-order chi connectivity index (χ1) is 10.4. The van der Waals surface area contributed by atoms with Crippen LogP contribution in [0.25, 0.3) is 0 Å². The van der Waals surface area contributed by atoms with Gasteiger partial charge in [-0.2, -0.15) is 13.2 Å². The van der Waals surface area contributed by atoms with E-state index >= 15 is 0 Å². The van der Waals surface area contributed by atoms with Gasteiger partial charge < -0.3 is 10.4 Å². The lowest BCUT2D eigenvalue weighted by atomic mass is 10.2. The number of carboxylic acids is 1. The van der Waals surface area contributed by atoms with Gasteiger partial charge >= 0.3 is 12.1 Å². The van der Waals surface area contributed by atoms with E-state index in [4.69, 9.17) is 5.11 Å². The molecule has 1 aromatic carbocycles. The van der Waals surface area contributed by atoms with E-state index < -0.39 is 28.6 Å². The number of nitrogens with zero attached hydrogens (tertiary/aromatic N) is 1. The molecule has 6 nitrogen and oxygen atoms in total. The molecule has 0 saturated heterocycles. The number of anilines is 1. The SMILES string of the molecule is CN(C)S(=O)(=O)c1cc(C(=O)O)ccc1NCCCC(F)(F)F. The van der Waals surface area contributed by atoms with Crippen molar-refractivity contribution in [2.24, 2.45) is 0 Å².